The maximum absolute atomic E-state index is 12.2. The third kappa shape index (κ3) is 5.36. The topological polar surface area (TPSA) is 70.2 Å². The Morgan fingerprint density at radius 3 is 2.48 bits per heavy atom. The maximum atomic E-state index is 12.2. The molecule has 116 valence electrons. The van der Waals surface area contributed by atoms with Gasteiger partial charge in [0.25, 0.3) is 5.91 Å². The molecule has 0 spiro atoms. The summed E-state index contributed by atoms with van der Waals surface area (Å²) in [7, 11) is 1.69. The molecule has 1 aromatic carbocycles. The number of likely N-dealkylation sites (N-methyl/N-ethyl adjacent to an activating group) is 1. The molecule has 5 nitrogen and oxygen atoms in total. The summed E-state index contributed by atoms with van der Waals surface area (Å²) in [5.41, 5.74) is 0.663. The van der Waals surface area contributed by atoms with E-state index in [9.17, 15) is 9.59 Å². The van der Waals surface area contributed by atoms with Crippen LogP contribution in [0.15, 0.2) is 18.2 Å². The largest absolute Gasteiger partial charge is 0.347 e. The number of halogens is 1. The van der Waals surface area contributed by atoms with Crippen LogP contribution in [0.1, 0.15) is 37.6 Å². The van der Waals surface area contributed by atoms with Crippen LogP contribution in [0.25, 0.3) is 0 Å². The average molecular weight is 312 g/mol. The highest BCUT2D eigenvalue weighted by atomic mass is 35.5. The first-order chi connectivity index (χ1) is 9.79. The zero-order chi connectivity index (χ0) is 16.0. The molecular weight excluding hydrogens is 290 g/mol. The Balaban J connectivity index is 2.83. The molecule has 0 aliphatic heterocycles. The molecular formula is C15H22ClN3O2. The van der Waals surface area contributed by atoms with Crippen molar-refractivity contribution in [1.29, 1.82) is 0 Å². The van der Waals surface area contributed by atoms with Crippen LogP contribution in [-0.4, -0.2) is 30.9 Å². The summed E-state index contributed by atoms with van der Waals surface area (Å²) in [5.74, 6) is -0.391. The van der Waals surface area contributed by atoms with E-state index in [1.807, 2.05) is 20.8 Å². The van der Waals surface area contributed by atoms with Crippen LogP contribution in [0.4, 0.5) is 5.69 Å². The number of amides is 2. The molecule has 2 amide bonds. The Hall–Kier alpha value is -1.59. The first-order valence-electron chi connectivity index (χ1n) is 6.85. The van der Waals surface area contributed by atoms with Crippen LogP contribution >= 0.6 is 11.6 Å². The third-order valence-corrected chi connectivity index (χ3v) is 3.48. The molecule has 0 atom stereocenters. The lowest BCUT2D eigenvalue weighted by Gasteiger charge is -2.24. The average Bonchev–Trinajstić information content (AvgIpc) is 2.38. The Morgan fingerprint density at radius 1 is 1.29 bits per heavy atom. The van der Waals surface area contributed by atoms with Gasteiger partial charge in [0, 0.05) is 11.2 Å². The standard InChI is InChI=1S/C15H22ClN3O2/c1-5-15(2,3)19-14(21)11-7-6-10(8-12(11)16)18-13(20)9-17-4/h6-8,17H,5,9H2,1-4H3,(H,18,20)(H,19,21). The van der Waals surface area contributed by atoms with Crippen LogP contribution in [-0.2, 0) is 4.79 Å². The van der Waals surface area contributed by atoms with Gasteiger partial charge in [0.1, 0.15) is 0 Å². The molecule has 0 saturated carbocycles. The van der Waals surface area contributed by atoms with Crippen molar-refractivity contribution in [2.24, 2.45) is 0 Å². The van der Waals surface area contributed by atoms with Crippen molar-refractivity contribution in [3.05, 3.63) is 28.8 Å². The first kappa shape index (κ1) is 17.5. The molecule has 0 aromatic heterocycles. The van der Waals surface area contributed by atoms with E-state index in [0.717, 1.165) is 6.42 Å². The van der Waals surface area contributed by atoms with E-state index in [1.165, 1.54) is 0 Å². The van der Waals surface area contributed by atoms with E-state index in [0.29, 0.717) is 16.3 Å². The Labute approximate surface area is 130 Å². The molecule has 21 heavy (non-hydrogen) atoms. The highest BCUT2D eigenvalue weighted by molar-refractivity contribution is 6.34. The molecule has 1 aromatic rings. The fraction of sp³-hybridized carbons (Fsp3) is 0.467. The van der Waals surface area contributed by atoms with E-state index in [-0.39, 0.29) is 23.9 Å². The molecule has 3 N–H and O–H groups in total. The first-order valence-corrected chi connectivity index (χ1v) is 7.23. The van der Waals surface area contributed by atoms with E-state index >= 15 is 0 Å². The minimum absolute atomic E-state index is 0.169. The molecule has 0 saturated heterocycles. The molecule has 6 heteroatoms. The second kappa shape index (κ2) is 7.43. The van der Waals surface area contributed by atoms with Crippen molar-refractivity contribution in [2.75, 3.05) is 18.9 Å². The normalized spacial score (nSPS) is 11.1. The van der Waals surface area contributed by atoms with E-state index in [1.54, 1.807) is 25.2 Å². The van der Waals surface area contributed by atoms with Gasteiger partial charge in [-0.05, 0) is 45.5 Å². The van der Waals surface area contributed by atoms with Gasteiger partial charge in [0.05, 0.1) is 17.1 Å². The second-order valence-electron chi connectivity index (χ2n) is 5.46. The van der Waals surface area contributed by atoms with Gasteiger partial charge < -0.3 is 16.0 Å². The van der Waals surface area contributed by atoms with Crippen LogP contribution < -0.4 is 16.0 Å². The third-order valence-electron chi connectivity index (χ3n) is 3.17. The van der Waals surface area contributed by atoms with Gasteiger partial charge in [0.15, 0.2) is 0 Å². The summed E-state index contributed by atoms with van der Waals surface area (Å²) in [6, 6.07) is 4.84. The van der Waals surface area contributed by atoms with Crippen LogP contribution in [0, 0.1) is 0 Å². The summed E-state index contributed by atoms with van der Waals surface area (Å²) >= 11 is 6.13. The van der Waals surface area contributed by atoms with Crippen LogP contribution in [0.2, 0.25) is 5.02 Å². The number of carbonyl (C=O) groups is 2. The number of benzene rings is 1. The maximum Gasteiger partial charge on any atom is 0.253 e. The number of anilines is 1. The summed E-state index contributed by atoms with van der Waals surface area (Å²) in [6.07, 6.45) is 0.814. The lowest BCUT2D eigenvalue weighted by atomic mass is 10.0. The van der Waals surface area contributed by atoms with Gasteiger partial charge in [-0.1, -0.05) is 18.5 Å². The molecule has 0 radical (unpaired) electrons. The van der Waals surface area contributed by atoms with Gasteiger partial charge in [-0.2, -0.15) is 0 Å². The Kier molecular flexibility index (Phi) is 6.18. The van der Waals surface area contributed by atoms with Crippen molar-refractivity contribution in [2.45, 2.75) is 32.7 Å². The summed E-state index contributed by atoms with van der Waals surface area (Å²) in [5, 5.41) is 8.68. The molecule has 0 aliphatic carbocycles. The van der Waals surface area contributed by atoms with Gasteiger partial charge >= 0.3 is 0 Å². The number of hydrogen-bond acceptors (Lipinski definition) is 3. The molecule has 0 unspecified atom stereocenters. The van der Waals surface area contributed by atoms with Gasteiger partial charge in [-0.25, -0.2) is 0 Å². The zero-order valence-corrected chi connectivity index (χ0v) is 13.6. The quantitative estimate of drug-likeness (QED) is 0.755. The fourth-order valence-corrected chi connectivity index (χ4v) is 1.87. The number of nitrogens with one attached hydrogen (secondary N) is 3. The lowest BCUT2D eigenvalue weighted by Crippen LogP contribution is -2.42. The predicted octanol–water partition coefficient (Wildman–Crippen LogP) is 2.42. The SMILES string of the molecule is CCC(C)(C)NC(=O)c1ccc(NC(=O)CNC)cc1Cl. The number of carbonyl (C=O) groups excluding carboxylic acids is 2. The predicted molar refractivity (Wildman–Crippen MR) is 85.8 cm³/mol. The Bertz CT molecular complexity index is 530. The Morgan fingerprint density at radius 2 is 1.95 bits per heavy atom. The molecule has 1 rings (SSSR count). The minimum Gasteiger partial charge on any atom is -0.347 e. The summed E-state index contributed by atoms with van der Waals surface area (Å²) in [4.78, 5) is 23.7. The summed E-state index contributed by atoms with van der Waals surface area (Å²) < 4.78 is 0. The zero-order valence-electron chi connectivity index (χ0n) is 12.8. The highest BCUT2D eigenvalue weighted by Gasteiger charge is 2.20. The molecule has 0 heterocycles. The van der Waals surface area contributed by atoms with E-state index < -0.39 is 0 Å². The summed E-state index contributed by atoms with van der Waals surface area (Å²) in [6.45, 7) is 6.11. The highest BCUT2D eigenvalue weighted by Crippen LogP contribution is 2.22. The molecule has 0 fully saturated rings. The van der Waals surface area contributed by atoms with Crippen molar-refractivity contribution in [3.63, 3.8) is 0 Å². The van der Waals surface area contributed by atoms with Gasteiger partial charge in [-0.15, -0.1) is 0 Å². The number of hydrogen-bond donors (Lipinski definition) is 3. The van der Waals surface area contributed by atoms with Crippen molar-refractivity contribution in [1.82, 2.24) is 10.6 Å². The van der Waals surface area contributed by atoms with Crippen molar-refractivity contribution >= 4 is 29.1 Å². The fourth-order valence-electron chi connectivity index (χ4n) is 1.61. The molecule has 0 bridgehead atoms. The van der Waals surface area contributed by atoms with Crippen molar-refractivity contribution < 1.29 is 9.59 Å². The minimum atomic E-state index is -0.292. The monoisotopic (exact) mass is 311 g/mol. The van der Waals surface area contributed by atoms with E-state index in [2.05, 4.69) is 16.0 Å². The van der Waals surface area contributed by atoms with Gasteiger partial charge in [-0.3, -0.25) is 9.59 Å². The smallest absolute Gasteiger partial charge is 0.253 e. The van der Waals surface area contributed by atoms with Gasteiger partial charge in [0.2, 0.25) is 5.91 Å². The lowest BCUT2D eigenvalue weighted by molar-refractivity contribution is -0.115. The van der Waals surface area contributed by atoms with Crippen LogP contribution in [0.3, 0.4) is 0 Å². The van der Waals surface area contributed by atoms with E-state index in [4.69, 9.17) is 11.6 Å². The molecule has 0 aliphatic rings. The number of rotatable bonds is 6. The van der Waals surface area contributed by atoms with Crippen molar-refractivity contribution in [3.8, 4) is 0 Å². The van der Waals surface area contributed by atoms with Crippen LogP contribution in [0.5, 0.6) is 0 Å². The second-order valence-corrected chi connectivity index (χ2v) is 5.87.